The summed E-state index contributed by atoms with van der Waals surface area (Å²) in [5.41, 5.74) is 1.04. The molecular weight excluding hydrogens is 519 g/mol. The van der Waals surface area contributed by atoms with Crippen molar-refractivity contribution in [3.8, 4) is 28.7 Å². The predicted octanol–water partition coefficient (Wildman–Crippen LogP) is 5.41. The second-order valence-corrected chi connectivity index (χ2v) is 8.20. The minimum absolute atomic E-state index is 0.00606. The molecule has 2 aliphatic rings. The average molecular weight is 534 g/mol. The van der Waals surface area contributed by atoms with Crippen molar-refractivity contribution >= 4 is 17.8 Å². The summed E-state index contributed by atoms with van der Waals surface area (Å²) in [4.78, 5) is 25.3. The van der Waals surface area contributed by atoms with E-state index in [2.05, 4.69) is 0 Å². The molecule has 1 atom stereocenters. The molecule has 38 heavy (non-hydrogen) atoms. The summed E-state index contributed by atoms with van der Waals surface area (Å²) in [6.07, 6.45) is -0.282. The van der Waals surface area contributed by atoms with Crippen molar-refractivity contribution in [3.05, 3.63) is 81.9 Å². The molecule has 2 aliphatic heterocycles. The van der Waals surface area contributed by atoms with Gasteiger partial charge in [0, 0.05) is 5.56 Å². The van der Waals surface area contributed by atoms with E-state index in [1.165, 1.54) is 25.1 Å². The number of benzene rings is 3. The van der Waals surface area contributed by atoms with Crippen LogP contribution in [-0.4, -0.2) is 24.6 Å². The standard InChI is InChI=1S/C26H15F5O7/c1-10-14(38-26(33)11(2)36-25-21(30)19(28)18(27)20(29)22(25)31)6-4-13-23(32)17(37-24(10)13)8-12-3-5-15-16(7-12)35-9-34-15/h3-8,11H,9H2,1-2H3/b17-8-. The molecule has 0 fully saturated rings. The zero-order valence-electron chi connectivity index (χ0n) is 19.5. The third kappa shape index (κ3) is 4.17. The molecule has 5 rings (SSSR count). The number of rotatable bonds is 5. The zero-order valence-corrected chi connectivity index (χ0v) is 19.5. The smallest absolute Gasteiger partial charge is 0.352 e. The van der Waals surface area contributed by atoms with Gasteiger partial charge < -0.3 is 23.7 Å². The van der Waals surface area contributed by atoms with Crippen molar-refractivity contribution in [3.63, 3.8) is 0 Å². The summed E-state index contributed by atoms with van der Waals surface area (Å²) < 4.78 is 94.1. The fourth-order valence-electron chi connectivity index (χ4n) is 3.74. The fraction of sp³-hybridized carbons (Fsp3) is 0.154. The van der Waals surface area contributed by atoms with E-state index in [0.717, 1.165) is 6.92 Å². The average Bonchev–Trinajstić information content (AvgIpc) is 3.50. The minimum Gasteiger partial charge on any atom is -0.473 e. The first-order valence-corrected chi connectivity index (χ1v) is 10.9. The monoisotopic (exact) mass is 534 g/mol. The summed E-state index contributed by atoms with van der Waals surface area (Å²) in [5, 5.41) is 0. The summed E-state index contributed by atoms with van der Waals surface area (Å²) in [5.74, 6) is -13.4. The highest BCUT2D eigenvalue weighted by Gasteiger charge is 2.33. The van der Waals surface area contributed by atoms with Crippen molar-refractivity contribution in [1.29, 1.82) is 0 Å². The molecule has 0 aliphatic carbocycles. The number of allylic oxidation sites excluding steroid dienone is 1. The normalized spacial score (nSPS) is 15.3. The Labute approximate surface area is 210 Å². The molecule has 0 radical (unpaired) electrons. The van der Waals surface area contributed by atoms with Gasteiger partial charge in [0.05, 0.1) is 5.56 Å². The first kappa shape index (κ1) is 25.1. The first-order valence-electron chi connectivity index (χ1n) is 10.9. The topological polar surface area (TPSA) is 80.3 Å². The summed E-state index contributed by atoms with van der Waals surface area (Å²) in [6.45, 7) is 2.57. The van der Waals surface area contributed by atoms with E-state index in [4.69, 9.17) is 23.7 Å². The van der Waals surface area contributed by atoms with Crippen LogP contribution < -0.4 is 23.7 Å². The number of ether oxygens (including phenoxy) is 5. The lowest BCUT2D eigenvalue weighted by Gasteiger charge is -2.16. The molecule has 0 amide bonds. The molecule has 196 valence electrons. The largest absolute Gasteiger partial charge is 0.473 e. The Bertz CT molecular complexity index is 1520. The molecule has 3 aromatic carbocycles. The Hall–Kier alpha value is -4.61. The van der Waals surface area contributed by atoms with Gasteiger partial charge >= 0.3 is 5.97 Å². The molecular formula is C26H15F5O7. The Morgan fingerprint density at radius 2 is 1.61 bits per heavy atom. The van der Waals surface area contributed by atoms with Gasteiger partial charge in [-0.05, 0) is 49.8 Å². The molecule has 0 saturated heterocycles. The van der Waals surface area contributed by atoms with E-state index in [9.17, 15) is 31.5 Å². The quantitative estimate of drug-likeness (QED) is 0.108. The maximum Gasteiger partial charge on any atom is 0.352 e. The van der Waals surface area contributed by atoms with Crippen molar-refractivity contribution < 1.29 is 55.2 Å². The number of halogens is 5. The van der Waals surface area contributed by atoms with Gasteiger partial charge in [-0.15, -0.1) is 0 Å². The van der Waals surface area contributed by atoms with Gasteiger partial charge in [-0.1, -0.05) is 6.07 Å². The van der Waals surface area contributed by atoms with E-state index < -0.39 is 52.7 Å². The maximum absolute atomic E-state index is 13.9. The fourth-order valence-corrected chi connectivity index (χ4v) is 3.74. The molecule has 2 heterocycles. The molecule has 12 heteroatoms. The van der Waals surface area contributed by atoms with E-state index in [1.54, 1.807) is 18.2 Å². The van der Waals surface area contributed by atoms with Crippen molar-refractivity contribution in [2.24, 2.45) is 0 Å². The number of carbonyl (C=O) groups excluding carboxylic acids is 2. The molecule has 0 N–H and O–H groups in total. The lowest BCUT2D eigenvalue weighted by atomic mass is 10.1. The lowest BCUT2D eigenvalue weighted by Crippen LogP contribution is -2.29. The minimum atomic E-state index is -2.36. The van der Waals surface area contributed by atoms with Gasteiger partial charge in [-0.2, -0.15) is 8.78 Å². The highest BCUT2D eigenvalue weighted by atomic mass is 19.2. The highest BCUT2D eigenvalue weighted by molar-refractivity contribution is 6.15. The Balaban J connectivity index is 1.34. The van der Waals surface area contributed by atoms with Crippen LogP contribution in [0.4, 0.5) is 22.0 Å². The van der Waals surface area contributed by atoms with Gasteiger partial charge in [0.15, 0.2) is 29.1 Å². The van der Waals surface area contributed by atoms with Gasteiger partial charge in [0.1, 0.15) is 11.5 Å². The van der Waals surface area contributed by atoms with E-state index in [0.29, 0.717) is 17.1 Å². The summed E-state index contributed by atoms with van der Waals surface area (Å²) in [6, 6.07) is 7.69. The summed E-state index contributed by atoms with van der Waals surface area (Å²) in [7, 11) is 0. The van der Waals surface area contributed by atoms with Crippen LogP contribution in [0.3, 0.4) is 0 Å². The number of hydrogen-bond acceptors (Lipinski definition) is 7. The number of hydrogen-bond donors (Lipinski definition) is 0. The Morgan fingerprint density at radius 1 is 0.947 bits per heavy atom. The number of fused-ring (bicyclic) bond motifs is 2. The second kappa shape index (κ2) is 9.36. The third-order valence-corrected chi connectivity index (χ3v) is 5.74. The van der Waals surface area contributed by atoms with E-state index in [1.807, 2.05) is 0 Å². The number of Topliss-reactive ketones (excluding diaryl/α,β-unsaturated/α-hetero) is 1. The molecule has 0 saturated carbocycles. The lowest BCUT2D eigenvalue weighted by molar-refractivity contribution is -0.141. The molecule has 0 aromatic heterocycles. The third-order valence-electron chi connectivity index (χ3n) is 5.74. The van der Waals surface area contributed by atoms with Crippen LogP contribution in [0.25, 0.3) is 6.08 Å². The molecule has 3 aromatic rings. The van der Waals surface area contributed by atoms with Crippen LogP contribution in [0, 0.1) is 36.0 Å². The Morgan fingerprint density at radius 3 is 2.32 bits per heavy atom. The summed E-state index contributed by atoms with van der Waals surface area (Å²) >= 11 is 0. The Kier molecular flexibility index (Phi) is 6.17. The maximum atomic E-state index is 13.9. The van der Waals surface area contributed by atoms with Gasteiger partial charge in [-0.25, -0.2) is 18.0 Å². The van der Waals surface area contributed by atoms with Crippen molar-refractivity contribution in [2.75, 3.05) is 6.79 Å². The molecule has 0 bridgehead atoms. The highest BCUT2D eigenvalue weighted by Crippen LogP contribution is 2.40. The SMILES string of the molecule is Cc1c(OC(=O)C(C)Oc2c(F)c(F)c(F)c(F)c2F)ccc2c1O/C(=C\c1ccc3c(c1)OCO3)C2=O. The number of esters is 1. The molecule has 0 spiro atoms. The van der Waals surface area contributed by atoms with Crippen LogP contribution in [0.2, 0.25) is 0 Å². The van der Waals surface area contributed by atoms with Crippen LogP contribution in [0.5, 0.6) is 28.7 Å². The predicted molar refractivity (Wildman–Crippen MR) is 119 cm³/mol. The van der Waals surface area contributed by atoms with E-state index in [-0.39, 0.29) is 35.2 Å². The number of carbonyl (C=O) groups is 2. The van der Waals surface area contributed by atoms with Gasteiger partial charge in [-0.3, -0.25) is 4.79 Å². The van der Waals surface area contributed by atoms with E-state index >= 15 is 0 Å². The second-order valence-electron chi connectivity index (χ2n) is 8.20. The van der Waals surface area contributed by atoms with Gasteiger partial charge in [0.25, 0.3) is 0 Å². The molecule has 7 nitrogen and oxygen atoms in total. The van der Waals surface area contributed by atoms with Crippen LogP contribution in [0.15, 0.2) is 36.1 Å². The van der Waals surface area contributed by atoms with Crippen LogP contribution >= 0.6 is 0 Å². The zero-order chi connectivity index (χ0) is 27.3. The van der Waals surface area contributed by atoms with Crippen molar-refractivity contribution in [1.82, 2.24) is 0 Å². The molecule has 1 unspecified atom stereocenters. The van der Waals surface area contributed by atoms with Gasteiger partial charge in [0.2, 0.25) is 41.7 Å². The first-order chi connectivity index (χ1) is 18.1. The van der Waals surface area contributed by atoms with Crippen LogP contribution in [0.1, 0.15) is 28.4 Å². The number of ketones is 1. The van der Waals surface area contributed by atoms with Crippen LogP contribution in [-0.2, 0) is 4.79 Å². The van der Waals surface area contributed by atoms with Crippen molar-refractivity contribution in [2.45, 2.75) is 20.0 Å².